The molecule has 1 aliphatic heterocycles. The summed E-state index contributed by atoms with van der Waals surface area (Å²) in [6, 6.07) is 0. The highest BCUT2D eigenvalue weighted by atomic mass is 32.2. The van der Waals surface area contributed by atoms with Crippen LogP contribution in [0.15, 0.2) is 0 Å². The van der Waals surface area contributed by atoms with Crippen LogP contribution in [0, 0.1) is 5.92 Å². The fraction of sp³-hybridized carbons (Fsp3) is 0.875. The van der Waals surface area contributed by atoms with E-state index >= 15 is 0 Å². The van der Waals surface area contributed by atoms with Gasteiger partial charge in [-0.3, -0.25) is 4.79 Å². The maximum absolute atomic E-state index is 10.4. The maximum atomic E-state index is 10.4. The van der Waals surface area contributed by atoms with Gasteiger partial charge < -0.3 is 10.0 Å². The fourth-order valence-corrected chi connectivity index (χ4v) is 1.76. The van der Waals surface area contributed by atoms with E-state index in [2.05, 4.69) is 11.2 Å². The molecule has 0 aromatic heterocycles. The molecule has 12 heavy (non-hydrogen) atoms. The van der Waals surface area contributed by atoms with Crippen LogP contribution in [0.25, 0.3) is 0 Å². The van der Waals surface area contributed by atoms with E-state index in [4.69, 9.17) is 5.11 Å². The van der Waals surface area contributed by atoms with Crippen molar-refractivity contribution in [2.24, 2.45) is 5.92 Å². The lowest BCUT2D eigenvalue weighted by Gasteiger charge is -2.36. The highest BCUT2D eigenvalue weighted by Crippen LogP contribution is 2.15. The molecule has 0 aliphatic carbocycles. The average Bonchev–Trinajstić information content (AvgIpc) is 1.93. The van der Waals surface area contributed by atoms with Crippen molar-refractivity contribution >= 4 is 17.7 Å². The van der Waals surface area contributed by atoms with Gasteiger partial charge in [-0.1, -0.05) is 0 Å². The predicted octanol–water partition coefficient (Wildman–Crippen LogP) is 0.756. The third-order valence-corrected chi connectivity index (χ3v) is 2.83. The van der Waals surface area contributed by atoms with Crippen LogP contribution in [0.4, 0.5) is 0 Å². The number of rotatable bonds is 5. The Morgan fingerprint density at radius 2 is 2.33 bits per heavy atom. The summed E-state index contributed by atoms with van der Waals surface area (Å²) in [5.74, 6) is 0.434. The summed E-state index contributed by atoms with van der Waals surface area (Å²) in [4.78, 5) is 12.6. The second-order valence-corrected chi connectivity index (χ2v) is 4.13. The molecule has 0 radical (unpaired) electrons. The van der Waals surface area contributed by atoms with E-state index in [1.54, 1.807) is 0 Å². The summed E-state index contributed by atoms with van der Waals surface area (Å²) in [6.45, 7) is 2.57. The SMILES string of the molecule is CSCCCN1CC(C(=O)O)C1. The van der Waals surface area contributed by atoms with Crippen molar-refractivity contribution in [1.82, 2.24) is 4.90 Å². The first-order chi connectivity index (χ1) is 5.74. The highest BCUT2D eigenvalue weighted by Gasteiger charge is 2.31. The van der Waals surface area contributed by atoms with Crippen LogP contribution in [0.2, 0.25) is 0 Å². The van der Waals surface area contributed by atoms with Crippen molar-refractivity contribution in [3.8, 4) is 0 Å². The molecule has 0 bridgehead atoms. The molecule has 4 heteroatoms. The van der Waals surface area contributed by atoms with E-state index in [9.17, 15) is 4.79 Å². The van der Waals surface area contributed by atoms with Crippen molar-refractivity contribution in [3.63, 3.8) is 0 Å². The molecule has 0 atom stereocenters. The zero-order valence-electron chi connectivity index (χ0n) is 7.32. The molecule has 0 aromatic rings. The molecular formula is C8H15NO2S. The Labute approximate surface area is 77.1 Å². The van der Waals surface area contributed by atoms with Crippen molar-refractivity contribution in [3.05, 3.63) is 0 Å². The zero-order valence-corrected chi connectivity index (χ0v) is 8.14. The summed E-state index contributed by atoms with van der Waals surface area (Å²) >= 11 is 1.84. The normalized spacial score (nSPS) is 19.1. The van der Waals surface area contributed by atoms with Crippen molar-refractivity contribution in [2.75, 3.05) is 31.6 Å². The number of carbonyl (C=O) groups is 1. The Kier molecular flexibility index (Phi) is 3.88. The van der Waals surface area contributed by atoms with Gasteiger partial charge >= 0.3 is 5.97 Å². The quantitative estimate of drug-likeness (QED) is 0.648. The van der Waals surface area contributed by atoms with Crippen LogP contribution in [-0.4, -0.2) is 47.6 Å². The minimum atomic E-state index is -0.642. The summed E-state index contributed by atoms with van der Waals surface area (Å²) in [7, 11) is 0. The van der Waals surface area contributed by atoms with Gasteiger partial charge in [-0.25, -0.2) is 0 Å². The molecule has 0 saturated carbocycles. The molecule has 1 rings (SSSR count). The predicted molar refractivity (Wildman–Crippen MR) is 50.6 cm³/mol. The topological polar surface area (TPSA) is 40.5 Å². The van der Waals surface area contributed by atoms with Gasteiger partial charge in [0.05, 0.1) is 5.92 Å². The first kappa shape index (κ1) is 9.86. The van der Waals surface area contributed by atoms with Crippen LogP contribution >= 0.6 is 11.8 Å². The molecule has 3 nitrogen and oxygen atoms in total. The fourth-order valence-electron chi connectivity index (χ4n) is 1.34. The van der Waals surface area contributed by atoms with Gasteiger partial charge in [0.15, 0.2) is 0 Å². The van der Waals surface area contributed by atoms with Gasteiger partial charge in [0, 0.05) is 13.1 Å². The minimum absolute atomic E-state index is 0.0979. The Balaban J connectivity index is 1.98. The first-order valence-electron chi connectivity index (χ1n) is 4.18. The number of aliphatic carboxylic acids is 1. The summed E-state index contributed by atoms with van der Waals surface area (Å²) in [5, 5.41) is 8.59. The standard InChI is InChI=1S/C8H15NO2S/c1-12-4-2-3-9-5-7(6-9)8(10)11/h7H,2-6H2,1H3,(H,10,11). The first-order valence-corrected chi connectivity index (χ1v) is 5.57. The lowest BCUT2D eigenvalue weighted by Crippen LogP contribution is -2.50. The van der Waals surface area contributed by atoms with Crippen molar-refractivity contribution in [2.45, 2.75) is 6.42 Å². The third kappa shape index (κ3) is 2.68. The smallest absolute Gasteiger partial charge is 0.309 e. The Bertz CT molecular complexity index is 157. The monoisotopic (exact) mass is 189 g/mol. The van der Waals surface area contributed by atoms with E-state index in [1.807, 2.05) is 11.8 Å². The van der Waals surface area contributed by atoms with Crippen LogP contribution < -0.4 is 0 Å². The van der Waals surface area contributed by atoms with E-state index < -0.39 is 5.97 Å². The number of hydrogen-bond acceptors (Lipinski definition) is 3. The van der Waals surface area contributed by atoms with Crippen LogP contribution in [-0.2, 0) is 4.79 Å². The van der Waals surface area contributed by atoms with Gasteiger partial charge in [0.25, 0.3) is 0 Å². The zero-order chi connectivity index (χ0) is 8.97. The molecule has 0 amide bonds. The number of carboxylic acid groups (broad SMARTS) is 1. The van der Waals surface area contributed by atoms with Crippen molar-refractivity contribution < 1.29 is 9.90 Å². The number of hydrogen-bond donors (Lipinski definition) is 1. The Hall–Kier alpha value is -0.220. The number of carboxylic acids is 1. The van der Waals surface area contributed by atoms with Crippen LogP contribution in [0.5, 0.6) is 0 Å². The number of likely N-dealkylation sites (tertiary alicyclic amines) is 1. The van der Waals surface area contributed by atoms with Gasteiger partial charge in [-0.2, -0.15) is 11.8 Å². The molecule has 1 fully saturated rings. The second-order valence-electron chi connectivity index (χ2n) is 3.14. The van der Waals surface area contributed by atoms with Crippen molar-refractivity contribution in [1.29, 1.82) is 0 Å². The summed E-state index contributed by atoms with van der Waals surface area (Å²) in [5.41, 5.74) is 0. The average molecular weight is 189 g/mol. The third-order valence-electron chi connectivity index (χ3n) is 2.13. The molecule has 0 unspecified atom stereocenters. The molecule has 70 valence electrons. The Morgan fingerprint density at radius 3 is 2.83 bits per heavy atom. The molecule has 1 N–H and O–H groups in total. The van der Waals surface area contributed by atoms with Gasteiger partial charge in [-0.05, 0) is 25.0 Å². The van der Waals surface area contributed by atoms with Crippen LogP contribution in [0.1, 0.15) is 6.42 Å². The molecule has 1 heterocycles. The van der Waals surface area contributed by atoms with E-state index in [0.29, 0.717) is 0 Å². The van der Waals surface area contributed by atoms with E-state index in [1.165, 1.54) is 12.2 Å². The highest BCUT2D eigenvalue weighted by molar-refractivity contribution is 7.98. The number of thioether (sulfide) groups is 1. The summed E-state index contributed by atoms with van der Waals surface area (Å²) < 4.78 is 0. The summed E-state index contributed by atoms with van der Waals surface area (Å²) in [6.07, 6.45) is 3.27. The Morgan fingerprint density at radius 1 is 1.67 bits per heavy atom. The molecule has 0 spiro atoms. The largest absolute Gasteiger partial charge is 0.481 e. The van der Waals surface area contributed by atoms with Gasteiger partial charge in [-0.15, -0.1) is 0 Å². The van der Waals surface area contributed by atoms with Crippen LogP contribution in [0.3, 0.4) is 0 Å². The van der Waals surface area contributed by atoms with E-state index in [0.717, 1.165) is 19.6 Å². The molecule has 1 saturated heterocycles. The second kappa shape index (κ2) is 4.72. The minimum Gasteiger partial charge on any atom is -0.481 e. The molecule has 0 aromatic carbocycles. The van der Waals surface area contributed by atoms with Gasteiger partial charge in [0.2, 0.25) is 0 Å². The number of nitrogens with zero attached hydrogens (tertiary/aromatic N) is 1. The maximum Gasteiger partial charge on any atom is 0.309 e. The van der Waals surface area contributed by atoms with E-state index in [-0.39, 0.29) is 5.92 Å². The lowest BCUT2D eigenvalue weighted by molar-refractivity contribution is -0.147. The molecular weight excluding hydrogens is 174 g/mol. The lowest BCUT2D eigenvalue weighted by atomic mass is 10.0. The van der Waals surface area contributed by atoms with Gasteiger partial charge in [0.1, 0.15) is 0 Å². The molecule has 1 aliphatic rings.